The van der Waals surface area contributed by atoms with Gasteiger partial charge in [0.2, 0.25) is 0 Å². The number of thiocarbonyl (C=S) groups is 1. The van der Waals surface area contributed by atoms with Gasteiger partial charge < -0.3 is 9.47 Å². The zero-order valence-corrected chi connectivity index (χ0v) is 20.9. The smallest absolute Gasteiger partial charge is 0.266 e. The molecule has 34 heavy (non-hydrogen) atoms. The molecule has 0 aliphatic carbocycles. The molecule has 2 heterocycles. The molecule has 1 fully saturated rings. The SMILES string of the molecule is CCCOc1ccc(-c2nn(-c3ccccc3)cc2/C=C2/SC(=S)N(CCCOC)C2=O)cc1. The quantitative estimate of drug-likeness (QED) is 0.209. The molecule has 0 spiro atoms. The fourth-order valence-corrected chi connectivity index (χ4v) is 4.86. The highest BCUT2D eigenvalue weighted by atomic mass is 32.2. The molecule has 4 rings (SSSR count). The standard InChI is InChI=1S/C26H27N3O3S2/c1-3-15-32-22-12-10-19(11-13-22)24-20(18-29(27-24)21-8-5-4-6-9-21)17-23-25(30)28(26(33)34-23)14-7-16-31-2/h4-6,8-13,17-18H,3,7,14-16H2,1-2H3/b23-17+. The molecule has 1 aliphatic rings. The molecule has 0 radical (unpaired) electrons. The van der Waals surface area contributed by atoms with E-state index in [1.165, 1.54) is 11.8 Å². The molecule has 176 valence electrons. The molecule has 3 aromatic rings. The lowest BCUT2D eigenvalue weighted by atomic mass is 10.1. The minimum atomic E-state index is -0.0761. The summed E-state index contributed by atoms with van der Waals surface area (Å²) in [6.45, 7) is 3.89. The predicted octanol–water partition coefficient (Wildman–Crippen LogP) is 5.57. The van der Waals surface area contributed by atoms with Gasteiger partial charge >= 0.3 is 0 Å². The van der Waals surface area contributed by atoms with Gasteiger partial charge in [0.05, 0.1) is 22.9 Å². The number of amides is 1. The van der Waals surface area contributed by atoms with Crippen molar-refractivity contribution >= 4 is 40.3 Å². The summed E-state index contributed by atoms with van der Waals surface area (Å²) in [5.41, 5.74) is 3.53. The lowest BCUT2D eigenvalue weighted by molar-refractivity contribution is -0.122. The molecule has 1 aliphatic heterocycles. The first-order valence-corrected chi connectivity index (χ1v) is 12.5. The summed E-state index contributed by atoms with van der Waals surface area (Å²) < 4.78 is 13.2. The molecule has 1 aromatic heterocycles. The Hall–Kier alpha value is -2.94. The second-order valence-electron chi connectivity index (χ2n) is 7.77. The number of nitrogens with zero attached hydrogens (tertiary/aromatic N) is 3. The summed E-state index contributed by atoms with van der Waals surface area (Å²) in [6.07, 6.45) is 5.53. The van der Waals surface area contributed by atoms with Crippen LogP contribution in [0.5, 0.6) is 5.75 Å². The van der Waals surface area contributed by atoms with Crippen molar-refractivity contribution in [3.63, 3.8) is 0 Å². The summed E-state index contributed by atoms with van der Waals surface area (Å²) in [5.74, 6) is 0.749. The van der Waals surface area contributed by atoms with Crippen LogP contribution in [0, 0.1) is 0 Å². The number of aromatic nitrogens is 2. The van der Waals surface area contributed by atoms with E-state index in [-0.39, 0.29) is 5.91 Å². The first kappa shape index (κ1) is 24.2. The summed E-state index contributed by atoms with van der Waals surface area (Å²) in [5, 5.41) is 4.86. The number of hydrogen-bond acceptors (Lipinski definition) is 6. The fourth-order valence-electron chi connectivity index (χ4n) is 3.56. The van der Waals surface area contributed by atoms with Gasteiger partial charge in [-0.25, -0.2) is 4.68 Å². The van der Waals surface area contributed by atoms with Gasteiger partial charge in [0, 0.05) is 37.6 Å². The van der Waals surface area contributed by atoms with E-state index < -0.39 is 0 Å². The van der Waals surface area contributed by atoms with Crippen molar-refractivity contribution in [2.45, 2.75) is 19.8 Å². The highest BCUT2D eigenvalue weighted by molar-refractivity contribution is 8.26. The molecular formula is C26H27N3O3S2. The number of benzene rings is 2. The first-order valence-electron chi connectivity index (χ1n) is 11.2. The van der Waals surface area contributed by atoms with Gasteiger partial charge in [0.1, 0.15) is 10.1 Å². The van der Waals surface area contributed by atoms with Crippen LogP contribution < -0.4 is 4.74 Å². The minimum absolute atomic E-state index is 0.0761. The number of ether oxygens (including phenoxy) is 2. The predicted molar refractivity (Wildman–Crippen MR) is 141 cm³/mol. The highest BCUT2D eigenvalue weighted by Gasteiger charge is 2.32. The number of thioether (sulfide) groups is 1. The molecule has 6 nitrogen and oxygen atoms in total. The van der Waals surface area contributed by atoms with Crippen molar-refractivity contribution in [3.05, 3.63) is 71.3 Å². The number of rotatable bonds is 10. The van der Waals surface area contributed by atoms with Crippen molar-refractivity contribution in [3.8, 4) is 22.7 Å². The Bertz CT molecular complexity index is 1170. The summed E-state index contributed by atoms with van der Waals surface area (Å²) in [4.78, 5) is 15.3. The minimum Gasteiger partial charge on any atom is -0.494 e. The van der Waals surface area contributed by atoms with E-state index in [0.29, 0.717) is 29.0 Å². The Morgan fingerprint density at radius 2 is 1.85 bits per heavy atom. The van der Waals surface area contributed by atoms with Crippen LogP contribution >= 0.6 is 24.0 Å². The van der Waals surface area contributed by atoms with E-state index in [9.17, 15) is 4.79 Å². The Kier molecular flexibility index (Phi) is 8.16. The van der Waals surface area contributed by atoms with Crippen molar-refractivity contribution < 1.29 is 14.3 Å². The third-order valence-corrected chi connectivity index (χ3v) is 6.63. The van der Waals surface area contributed by atoms with Crippen molar-refractivity contribution in [2.75, 3.05) is 26.9 Å². The van der Waals surface area contributed by atoms with E-state index in [1.54, 1.807) is 12.0 Å². The summed E-state index contributed by atoms with van der Waals surface area (Å²) in [7, 11) is 1.65. The lowest BCUT2D eigenvalue weighted by Crippen LogP contribution is -2.29. The molecule has 2 aromatic carbocycles. The van der Waals surface area contributed by atoms with Crippen LogP contribution in [0.2, 0.25) is 0 Å². The van der Waals surface area contributed by atoms with Gasteiger partial charge in [-0.1, -0.05) is 49.1 Å². The number of carbonyl (C=O) groups is 1. The summed E-state index contributed by atoms with van der Waals surface area (Å²) in [6, 6.07) is 17.8. The van der Waals surface area contributed by atoms with Gasteiger partial charge in [-0.3, -0.25) is 9.69 Å². The number of methoxy groups -OCH3 is 1. The molecular weight excluding hydrogens is 466 g/mol. The van der Waals surface area contributed by atoms with Crippen LogP contribution in [-0.4, -0.2) is 51.8 Å². The lowest BCUT2D eigenvalue weighted by Gasteiger charge is -2.13. The average molecular weight is 494 g/mol. The Morgan fingerprint density at radius 3 is 2.56 bits per heavy atom. The van der Waals surface area contributed by atoms with Gasteiger partial charge in [-0.2, -0.15) is 5.10 Å². The largest absolute Gasteiger partial charge is 0.494 e. The summed E-state index contributed by atoms with van der Waals surface area (Å²) >= 11 is 6.80. The molecule has 0 unspecified atom stereocenters. The topological polar surface area (TPSA) is 56.6 Å². The molecule has 0 saturated carbocycles. The molecule has 1 saturated heterocycles. The van der Waals surface area contributed by atoms with E-state index in [4.69, 9.17) is 26.8 Å². The maximum atomic E-state index is 13.0. The molecule has 0 atom stereocenters. The van der Waals surface area contributed by atoms with E-state index in [2.05, 4.69) is 6.92 Å². The zero-order valence-electron chi connectivity index (χ0n) is 19.3. The fraction of sp³-hybridized carbons (Fsp3) is 0.269. The Morgan fingerprint density at radius 1 is 1.09 bits per heavy atom. The maximum Gasteiger partial charge on any atom is 0.266 e. The number of para-hydroxylation sites is 1. The first-order chi connectivity index (χ1) is 16.6. The zero-order chi connectivity index (χ0) is 23.9. The Labute approximate surface area is 209 Å². The number of hydrogen-bond donors (Lipinski definition) is 0. The van der Waals surface area contributed by atoms with Gasteiger partial charge in [-0.15, -0.1) is 0 Å². The molecule has 0 N–H and O–H groups in total. The van der Waals surface area contributed by atoms with E-state index in [0.717, 1.165) is 41.1 Å². The molecule has 0 bridgehead atoms. The van der Waals surface area contributed by atoms with Crippen LogP contribution in [0.3, 0.4) is 0 Å². The second-order valence-corrected chi connectivity index (χ2v) is 9.44. The van der Waals surface area contributed by atoms with Crippen LogP contribution in [0.25, 0.3) is 23.0 Å². The van der Waals surface area contributed by atoms with Gasteiger partial charge in [0.15, 0.2) is 0 Å². The van der Waals surface area contributed by atoms with Crippen LogP contribution in [0.4, 0.5) is 0 Å². The van der Waals surface area contributed by atoms with Crippen molar-refractivity contribution in [1.82, 2.24) is 14.7 Å². The third kappa shape index (κ3) is 5.58. The van der Waals surface area contributed by atoms with Gasteiger partial charge in [-0.05, 0) is 55.3 Å². The molecule has 1 amide bonds. The third-order valence-electron chi connectivity index (χ3n) is 5.25. The number of carbonyl (C=O) groups excluding carboxylic acids is 1. The van der Waals surface area contributed by atoms with E-state index in [1.807, 2.05) is 71.6 Å². The monoisotopic (exact) mass is 493 g/mol. The van der Waals surface area contributed by atoms with Crippen molar-refractivity contribution in [2.24, 2.45) is 0 Å². The van der Waals surface area contributed by atoms with Crippen LogP contribution in [0.15, 0.2) is 65.7 Å². The normalized spacial score (nSPS) is 14.9. The van der Waals surface area contributed by atoms with Crippen molar-refractivity contribution in [1.29, 1.82) is 0 Å². The van der Waals surface area contributed by atoms with E-state index >= 15 is 0 Å². The highest BCUT2D eigenvalue weighted by Crippen LogP contribution is 2.35. The van der Waals surface area contributed by atoms with Crippen LogP contribution in [0.1, 0.15) is 25.3 Å². The van der Waals surface area contributed by atoms with Gasteiger partial charge in [0.25, 0.3) is 5.91 Å². The molecule has 8 heteroatoms. The Balaban J connectivity index is 1.68. The average Bonchev–Trinajstić information content (AvgIpc) is 3.40. The second kappa shape index (κ2) is 11.5. The maximum absolute atomic E-state index is 13.0. The van der Waals surface area contributed by atoms with Crippen LogP contribution in [-0.2, 0) is 9.53 Å².